The van der Waals surface area contributed by atoms with Gasteiger partial charge in [-0.2, -0.15) is 0 Å². The number of hydrogen-bond donors (Lipinski definition) is 1. The van der Waals surface area contributed by atoms with Crippen LogP contribution in [0.25, 0.3) is 0 Å². The first kappa shape index (κ1) is 9.17. The fraction of sp³-hybridized carbons (Fsp3) is 0.571. The maximum atomic E-state index is 10.7. The van der Waals surface area contributed by atoms with Gasteiger partial charge in [-0.05, 0) is 19.4 Å². The van der Waals surface area contributed by atoms with E-state index >= 15 is 0 Å². The van der Waals surface area contributed by atoms with Crippen molar-refractivity contribution in [2.24, 2.45) is 0 Å². The summed E-state index contributed by atoms with van der Waals surface area (Å²) in [6.07, 6.45) is -1.17. The molecule has 0 spiro atoms. The Hall–Kier alpha value is -0.830. The normalized spacial score (nSPS) is 12.3. The number of hydrogen-bond acceptors (Lipinski definition) is 3. The highest BCUT2D eigenvalue weighted by molar-refractivity contribution is 5.77. The number of carbonyl (C=O) groups is 1. The van der Waals surface area contributed by atoms with Crippen LogP contribution in [0.15, 0.2) is 12.2 Å². The molecule has 0 rings (SSSR count). The van der Waals surface area contributed by atoms with Gasteiger partial charge in [0.05, 0.1) is 6.61 Å². The van der Waals surface area contributed by atoms with Crippen molar-refractivity contribution in [2.75, 3.05) is 6.61 Å². The minimum Gasteiger partial charge on any atom is -0.464 e. The maximum absolute atomic E-state index is 10.7. The highest BCUT2D eigenvalue weighted by Gasteiger charge is 2.15. The van der Waals surface area contributed by atoms with Crippen molar-refractivity contribution in [3.8, 4) is 0 Å². The van der Waals surface area contributed by atoms with Crippen LogP contribution in [-0.2, 0) is 9.53 Å². The largest absolute Gasteiger partial charge is 0.464 e. The van der Waals surface area contributed by atoms with E-state index in [1.54, 1.807) is 13.8 Å². The Kier molecular flexibility index (Phi) is 3.72. The lowest BCUT2D eigenvalue weighted by Gasteiger charge is -2.07. The molecule has 0 fully saturated rings. The molecular weight excluding hydrogens is 132 g/mol. The van der Waals surface area contributed by atoms with E-state index in [0.29, 0.717) is 5.57 Å². The zero-order chi connectivity index (χ0) is 8.15. The summed E-state index contributed by atoms with van der Waals surface area (Å²) in [5.74, 6) is -0.630. The first-order chi connectivity index (χ1) is 4.59. The van der Waals surface area contributed by atoms with Gasteiger partial charge in [0.1, 0.15) is 0 Å². The Morgan fingerprint density at radius 3 is 2.60 bits per heavy atom. The van der Waals surface area contributed by atoms with Gasteiger partial charge in [-0.1, -0.05) is 6.58 Å². The van der Waals surface area contributed by atoms with E-state index < -0.39 is 12.1 Å². The summed E-state index contributed by atoms with van der Waals surface area (Å²) in [6, 6.07) is 0. The Morgan fingerprint density at radius 2 is 2.30 bits per heavy atom. The quantitative estimate of drug-likeness (QED) is 0.463. The van der Waals surface area contributed by atoms with Crippen molar-refractivity contribution in [1.29, 1.82) is 0 Å². The van der Waals surface area contributed by atoms with Gasteiger partial charge >= 0.3 is 5.97 Å². The monoisotopic (exact) mass is 144 g/mol. The third-order valence-corrected chi connectivity index (χ3v) is 0.977. The van der Waals surface area contributed by atoms with E-state index in [-0.39, 0.29) is 6.61 Å². The molecule has 3 nitrogen and oxygen atoms in total. The second-order valence-corrected chi connectivity index (χ2v) is 2.00. The molecule has 0 aromatic carbocycles. The van der Waals surface area contributed by atoms with E-state index in [1.165, 1.54) is 0 Å². The summed E-state index contributed by atoms with van der Waals surface area (Å²) in [7, 11) is 0. The molecule has 0 amide bonds. The fourth-order valence-corrected chi connectivity index (χ4v) is 0.422. The summed E-state index contributed by atoms with van der Waals surface area (Å²) in [5, 5.41) is 8.95. The topological polar surface area (TPSA) is 46.5 Å². The van der Waals surface area contributed by atoms with Crippen molar-refractivity contribution in [2.45, 2.75) is 20.0 Å². The van der Waals surface area contributed by atoms with Gasteiger partial charge in [0.25, 0.3) is 0 Å². The smallest absolute Gasteiger partial charge is 0.339 e. The van der Waals surface area contributed by atoms with Crippen LogP contribution in [0.3, 0.4) is 0 Å². The van der Waals surface area contributed by atoms with Crippen molar-refractivity contribution in [1.82, 2.24) is 0 Å². The van der Waals surface area contributed by atoms with Crippen molar-refractivity contribution < 1.29 is 14.6 Å². The number of rotatable bonds is 3. The second-order valence-electron chi connectivity index (χ2n) is 2.00. The molecular formula is C7H12O3. The molecule has 0 unspecified atom stereocenters. The van der Waals surface area contributed by atoms with Crippen LogP contribution in [0.5, 0.6) is 0 Å². The summed E-state index contributed by atoms with van der Waals surface area (Å²) in [5.41, 5.74) is 0.401. The molecule has 0 saturated heterocycles. The molecule has 0 heterocycles. The number of aliphatic hydroxyl groups is 1. The average Bonchev–Trinajstić information content (AvgIpc) is 1.87. The van der Waals surface area contributed by atoms with Crippen LogP contribution in [0.4, 0.5) is 0 Å². The van der Waals surface area contributed by atoms with Gasteiger partial charge in [-0.25, -0.2) is 4.79 Å². The standard InChI is InChI=1S/C7H12O3/c1-4-10-7(9)6(8)5(2)3/h6,8H,2,4H2,1,3H3/t6-/m1/s1. The lowest BCUT2D eigenvalue weighted by molar-refractivity contribution is -0.150. The molecule has 0 aliphatic rings. The highest BCUT2D eigenvalue weighted by atomic mass is 16.5. The van der Waals surface area contributed by atoms with E-state index in [2.05, 4.69) is 11.3 Å². The third kappa shape index (κ3) is 2.64. The molecule has 0 radical (unpaired) electrons. The lowest BCUT2D eigenvalue weighted by Crippen LogP contribution is -2.23. The molecule has 58 valence electrons. The zero-order valence-electron chi connectivity index (χ0n) is 6.26. The first-order valence-corrected chi connectivity index (χ1v) is 3.09. The summed E-state index contributed by atoms with van der Waals surface area (Å²) in [6.45, 7) is 6.94. The van der Waals surface area contributed by atoms with Crippen LogP contribution >= 0.6 is 0 Å². The fourth-order valence-electron chi connectivity index (χ4n) is 0.422. The minimum atomic E-state index is -1.17. The van der Waals surface area contributed by atoms with Crippen molar-refractivity contribution >= 4 is 5.97 Å². The molecule has 3 heteroatoms. The predicted octanol–water partition coefficient (Wildman–Crippen LogP) is 0.486. The Morgan fingerprint density at radius 1 is 1.80 bits per heavy atom. The number of ether oxygens (including phenoxy) is 1. The van der Waals surface area contributed by atoms with Gasteiger partial charge in [0, 0.05) is 0 Å². The maximum Gasteiger partial charge on any atom is 0.339 e. The highest BCUT2D eigenvalue weighted by Crippen LogP contribution is 1.99. The molecule has 0 bridgehead atoms. The van der Waals surface area contributed by atoms with Gasteiger partial charge in [-0.3, -0.25) is 0 Å². The Balaban J connectivity index is 3.82. The molecule has 0 aliphatic carbocycles. The van der Waals surface area contributed by atoms with E-state index in [4.69, 9.17) is 5.11 Å². The third-order valence-electron chi connectivity index (χ3n) is 0.977. The Bertz CT molecular complexity index is 140. The van der Waals surface area contributed by atoms with Gasteiger partial charge in [-0.15, -0.1) is 0 Å². The first-order valence-electron chi connectivity index (χ1n) is 3.09. The van der Waals surface area contributed by atoms with Crippen LogP contribution in [-0.4, -0.2) is 23.8 Å². The van der Waals surface area contributed by atoms with E-state index in [0.717, 1.165) is 0 Å². The lowest BCUT2D eigenvalue weighted by atomic mass is 10.2. The van der Waals surface area contributed by atoms with Crippen LogP contribution in [0.1, 0.15) is 13.8 Å². The van der Waals surface area contributed by atoms with Crippen LogP contribution in [0, 0.1) is 0 Å². The molecule has 0 saturated carbocycles. The summed E-state index contributed by atoms with van der Waals surface area (Å²) >= 11 is 0. The van der Waals surface area contributed by atoms with E-state index in [9.17, 15) is 4.79 Å². The number of esters is 1. The average molecular weight is 144 g/mol. The number of aliphatic hydroxyl groups excluding tert-OH is 1. The zero-order valence-corrected chi connectivity index (χ0v) is 6.26. The van der Waals surface area contributed by atoms with Crippen molar-refractivity contribution in [3.63, 3.8) is 0 Å². The van der Waals surface area contributed by atoms with Gasteiger partial charge in [0.2, 0.25) is 0 Å². The molecule has 10 heavy (non-hydrogen) atoms. The molecule has 0 aromatic heterocycles. The van der Waals surface area contributed by atoms with Crippen LogP contribution < -0.4 is 0 Å². The minimum absolute atomic E-state index is 0.281. The van der Waals surface area contributed by atoms with E-state index in [1.807, 2.05) is 0 Å². The summed E-state index contributed by atoms with van der Waals surface area (Å²) < 4.78 is 4.52. The second kappa shape index (κ2) is 4.06. The molecule has 0 aromatic rings. The predicted molar refractivity (Wildman–Crippen MR) is 37.5 cm³/mol. The SMILES string of the molecule is C=C(C)[C@@H](O)C(=O)OCC. The Labute approximate surface area is 60.3 Å². The van der Waals surface area contributed by atoms with Gasteiger partial charge in [0.15, 0.2) is 6.10 Å². The molecule has 1 atom stereocenters. The van der Waals surface area contributed by atoms with Crippen LogP contribution in [0.2, 0.25) is 0 Å². The molecule has 0 aliphatic heterocycles. The molecule has 1 N–H and O–H groups in total. The summed E-state index contributed by atoms with van der Waals surface area (Å²) in [4.78, 5) is 10.7. The number of carbonyl (C=O) groups excluding carboxylic acids is 1. The van der Waals surface area contributed by atoms with Crippen molar-refractivity contribution in [3.05, 3.63) is 12.2 Å². The van der Waals surface area contributed by atoms with Gasteiger partial charge < -0.3 is 9.84 Å².